The van der Waals surface area contributed by atoms with Crippen molar-refractivity contribution in [2.75, 3.05) is 27.9 Å². The van der Waals surface area contributed by atoms with Gasteiger partial charge in [0.15, 0.2) is 14.1 Å². The number of aliphatic hydroxyl groups is 2. The molecule has 4 rings (SSSR count). The van der Waals surface area contributed by atoms with Crippen molar-refractivity contribution in [1.82, 2.24) is 4.90 Å². The van der Waals surface area contributed by atoms with Crippen molar-refractivity contribution in [1.29, 1.82) is 0 Å². The number of carbonyl (C=O) groups excluding carboxylic acids is 5. The Balaban J connectivity index is 1.70. The van der Waals surface area contributed by atoms with Crippen LogP contribution in [0.5, 0.6) is 0 Å². The van der Waals surface area contributed by atoms with E-state index in [0.29, 0.717) is 50.5 Å². The Morgan fingerprint density at radius 2 is 1.54 bits per heavy atom. The van der Waals surface area contributed by atoms with E-state index >= 15 is 0 Å². The second-order valence-corrected chi connectivity index (χ2v) is 28.2. The molecule has 15 heteroatoms. The number of amides is 1. The van der Waals surface area contributed by atoms with E-state index in [1.807, 2.05) is 58.1 Å². The van der Waals surface area contributed by atoms with Crippen LogP contribution in [-0.2, 0) is 52.1 Å². The third-order valence-corrected chi connectivity index (χ3v) is 21.2. The zero-order chi connectivity index (χ0) is 53.9. The fourth-order valence-corrected chi connectivity index (χ4v) is 12.2. The molecule has 1 aliphatic carbocycles. The highest BCUT2D eigenvalue weighted by Crippen LogP contribution is 2.42. The van der Waals surface area contributed by atoms with Crippen LogP contribution in [0.25, 0.3) is 0 Å². The zero-order valence-electron chi connectivity index (χ0n) is 46.6. The summed E-state index contributed by atoms with van der Waals surface area (Å²) in [5.41, 5.74) is 1.29. The predicted octanol–water partition coefficient (Wildman–Crippen LogP) is 9.21. The van der Waals surface area contributed by atoms with Crippen molar-refractivity contribution in [2.24, 2.45) is 35.5 Å². The highest BCUT2D eigenvalue weighted by Gasteiger charge is 2.53. The lowest BCUT2D eigenvalue weighted by molar-refractivity contribution is -0.265. The molecule has 0 unspecified atom stereocenters. The predicted molar refractivity (Wildman–Crippen MR) is 281 cm³/mol. The summed E-state index contributed by atoms with van der Waals surface area (Å²) in [6, 6.07) is -1.13. The molecule has 0 aromatic heterocycles. The molecule has 2 N–H and O–H groups in total. The van der Waals surface area contributed by atoms with E-state index in [1.165, 1.54) is 12.0 Å². The van der Waals surface area contributed by atoms with Gasteiger partial charge in [0.2, 0.25) is 5.79 Å². The average molecular weight is 1030 g/mol. The minimum atomic E-state index is -2.43. The number of cyclic esters (lactones) is 1. The van der Waals surface area contributed by atoms with E-state index in [4.69, 9.17) is 28.1 Å². The number of hydrogen-bond donors (Lipinski definition) is 2. The van der Waals surface area contributed by atoms with Gasteiger partial charge in [-0.25, -0.2) is 4.79 Å². The van der Waals surface area contributed by atoms with E-state index in [1.54, 1.807) is 41.1 Å². The zero-order valence-corrected chi connectivity index (χ0v) is 47.6. The van der Waals surface area contributed by atoms with Crippen molar-refractivity contribution in [2.45, 2.75) is 219 Å². The largest absolute Gasteiger partial charge is 0.460 e. The van der Waals surface area contributed by atoms with Crippen LogP contribution < -0.4 is 0 Å². The lowest BCUT2D eigenvalue weighted by Crippen LogP contribution is -2.61. The molecule has 0 radical (unpaired) electrons. The molecule has 4 aliphatic rings. The number of methoxy groups -OCH3 is 3. The Morgan fingerprint density at radius 1 is 0.847 bits per heavy atom. The first-order valence-corrected chi connectivity index (χ1v) is 29.8. The monoisotopic (exact) mass is 1030 g/mol. The fraction of sp³-hybridized carbons (Fsp3) is 0.772. The fourth-order valence-electron chi connectivity index (χ4n) is 10.8. The third-order valence-electron chi connectivity index (χ3n) is 16.7. The second kappa shape index (κ2) is 27.1. The molecule has 408 valence electrons. The van der Waals surface area contributed by atoms with Gasteiger partial charge in [0.25, 0.3) is 11.7 Å². The number of hydrogen-bond acceptors (Lipinski definition) is 13. The minimum absolute atomic E-state index is 0.0209. The molecule has 72 heavy (non-hydrogen) atoms. The van der Waals surface area contributed by atoms with E-state index in [0.717, 1.165) is 24.8 Å². The molecule has 15 atom stereocenters. The van der Waals surface area contributed by atoms with Crippen LogP contribution in [0, 0.1) is 35.5 Å². The van der Waals surface area contributed by atoms with Gasteiger partial charge in [0.05, 0.1) is 24.4 Å². The minimum Gasteiger partial charge on any atom is -0.460 e. The average Bonchev–Trinajstić information content (AvgIpc) is 3.32. The molecule has 2 saturated heterocycles. The Morgan fingerprint density at radius 3 is 2.18 bits per heavy atom. The second-order valence-electron chi connectivity index (χ2n) is 23.4. The lowest BCUT2D eigenvalue weighted by Gasteiger charge is -2.44. The summed E-state index contributed by atoms with van der Waals surface area (Å²) < 4.78 is 37.0. The number of fused-ring (bicyclic) bond motifs is 3. The first-order valence-electron chi connectivity index (χ1n) is 26.9. The standard InChI is InChI=1S/C57H93NO13Si/c1-35-21-17-16-18-22-36(2)47(66-11)33-43-26-24-41(7)57(65,70-43)53(62)54(63)58-28-20-19-23-44(58)55(64)69-48(34-45(59)37(3)30-40(6)51(61)52(68-13)50(60)39(5)29-35)38(4)31-42-25-27-46(49(32-42)67-12)71-72(14,15)56(8,9)10/h16-18,21-22,30,35,37-39,41-44,46-49,51-52,61,65H,19-20,23-29,31-34H2,1-15H3/b18-16+,21-17+,36-22+,40-30+/t35-,37-,38-,39-,41-,42-,43+,44+,46-,47+,48+,49-,51-,52+,57-/m1/s1. The molecule has 14 nitrogen and oxygen atoms in total. The number of piperidine rings is 1. The van der Waals surface area contributed by atoms with Crippen LogP contribution >= 0.6 is 0 Å². The first-order chi connectivity index (χ1) is 33.7. The number of nitrogens with zero attached hydrogens (tertiary/aromatic N) is 1. The normalized spacial score (nSPS) is 38.2. The van der Waals surface area contributed by atoms with Crippen LogP contribution in [0.4, 0.5) is 0 Å². The van der Waals surface area contributed by atoms with E-state index in [2.05, 4.69) is 33.9 Å². The van der Waals surface area contributed by atoms with E-state index < -0.39 is 86.1 Å². The van der Waals surface area contributed by atoms with Crippen LogP contribution in [0.3, 0.4) is 0 Å². The van der Waals surface area contributed by atoms with Gasteiger partial charge in [0.1, 0.15) is 30.1 Å². The summed E-state index contributed by atoms with van der Waals surface area (Å²) in [5, 5.41) is 23.6. The van der Waals surface area contributed by atoms with Crippen molar-refractivity contribution >= 4 is 37.5 Å². The summed E-state index contributed by atoms with van der Waals surface area (Å²) in [6.07, 6.45) is 12.7. The van der Waals surface area contributed by atoms with Crippen molar-refractivity contribution < 1.29 is 62.3 Å². The van der Waals surface area contributed by atoms with Gasteiger partial charge >= 0.3 is 5.97 Å². The van der Waals surface area contributed by atoms with Crippen molar-refractivity contribution in [3.63, 3.8) is 0 Å². The van der Waals surface area contributed by atoms with Gasteiger partial charge in [0, 0.05) is 58.5 Å². The molecule has 0 spiro atoms. The van der Waals surface area contributed by atoms with Gasteiger partial charge in [-0.1, -0.05) is 91.8 Å². The maximum atomic E-state index is 14.6. The molecule has 3 fully saturated rings. The number of esters is 1. The van der Waals surface area contributed by atoms with Crippen LogP contribution in [0.2, 0.25) is 18.1 Å². The Kier molecular flexibility index (Phi) is 23.1. The topological polar surface area (TPSA) is 184 Å². The smallest absolute Gasteiger partial charge is 0.329 e. The molecular weight excluding hydrogens is 935 g/mol. The van der Waals surface area contributed by atoms with E-state index in [9.17, 15) is 34.2 Å². The maximum absolute atomic E-state index is 14.6. The highest BCUT2D eigenvalue weighted by molar-refractivity contribution is 6.74. The highest BCUT2D eigenvalue weighted by atomic mass is 28.4. The Labute approximate surface area is 433 Å². The summed E-state index contributed by atoms with van der Waals surface area (Å²) in [7, 11) is 2.61. The van der Waals surface area contributed by atoms with Gasteiger partial charge in [-0.3, -0.25) is 19.2 Å². The Hall–Kier alpha value is -3.15. The van der Waals surface area contributed by atoms with Crippen LogP contribution in [0.1, 0.15) is 146 Å². The van der Waals surface area contributed by atoms with E-state index in [-0.39, 0.29) is 66.0 Å². The lowest BCUT2D eigenvalue weighted by atomic mass is 9.78. The summed E-state index contributed by atoms with van der Waals surface area (Å²) in [5.74, 6) is -7.77. The summed E-state index contributed by atoms with van der Waals surface area (Å²) >= 11 is 0. The quantitative estimate of drug-likeness (QED) is 0.102. The molecule has 2 bridgehead atoms. The molecule has 1 saturated carbocycles. The van der Waals surface area contributed by atoms with Crippen molar-refractivity contribution in [3.05, 3.63) is 47.6 Å². The van der Waals surface area contributed by atoms with Gasteiger partial charge in [-0.2, -0.15) is 0 Å². The molecule has 3 aliphatic heterocycles. The molecule has 3 heterocycles. The number of carbonyl (C=O) groups is 5. The first kappa shape index (κ1) is 61.4. The Bertz CT molecular complexity index is 1970. The van der Waals surface area contributed by atoms with Crippen LogP contribution in [-0.4, -0.2) is 135 Å². The number of aliphatic hydroxyl groups excluding tert-OH is 1. The van der Waals surface area contributed by atoms with Gasteiger partial charge in [-0.05, 0) is 125 Å². The number of allylic oxidation sites excluding steroid dienone is 6. The van der Waals surface area contributed by atoms with Crippen molar-refractivity contribution in [3.8, 4) is 0 Å². The van der Waals surface area contributed by atoms with Gasteiger partial charge < -0.3 is 43.2 Å². The summed E-state index contributed by atoms with van der Waals surface area (Å²) in [4.78, 5) is 72.7. The summed E-state index contributed by atoms with van der Waals surface area (Å²) in [6.45, 7) is 24.1. The molecular formula is C57H93NO13Si. The third kappa shape index (κ3) is 15.9. The number of ketones is 3. The number of Topliss-reactive ketones (excluding diaryl/α,β-unsaturated/α-hetero) is 3. The molecule has 0 aromatic carbocycles. The molecule has 0 aromatic rings. The van der Waals surface area contributed by atoms with Crippen LogP contribution in [0.15, 0.2) is 47.6 Å². The number of rotatable bonds is 8. The SMILES string of the molecule is CO[C@H]1C[C@@H]2CC[C@@H](C)[C@@](O)(O2)C(=O)C(=O)N2CCCC[C@H]2C(=O)O[C@H]([C@H](C)C[C@H]2CC[C@@H](O[Si](C)(C)C(C)(C)C)[C@H](OC)C2)CC(=O)[C@H](C)/C=C(\C)[C@@H](O)[C@@H](OC)C(=O)[C@H](C)C[C@H](C)/C=C/C=C/C=C/1C. The maximum Gasteiger partial charge on any atom is 0.329 e. The van der Waals surface area contributed by atoms with Gasteiger partial charge in [-0.15, -0.1) is 0 Å². The number of ether oxygens (including phenoxy) is 5. The molecule has 1 amide bonds.